The normalized spacial score (nSPS) is 12.0. The number of benzene rings is 2. The van der Waals surface area contributed by atoms with Gasteiger partial charge in [0.2, 0.25) is 5.91 Å². The molecule has 0 aliphatic rings. The van der Waals surface area contributed by atoms with Gasteiger partial charge in [-0.1, -0.05) is 60.9 Å². The summed E-state index contributed by atoms with van der Waals surface area (Å²) in [5.74, 6) is 0.404. The predicted octanol–water partition coefficient (Wildman–Crippen LogP) is 5.60. The van der Waals surface area contributed by atoms with Crippen LogP contribution < -0.4 is 10.6 Å². The average molecular weight is 520 g/mol. The summed E-state index contributed by atoms with van der Waals surface area (Å²) in [6.45, 7) is 7.91. The summed E-state index contributed by atoms with van der Waals surface area (Å²) in [5.41, 5.74) is 3.28. The number of aryl methyl sites for hydroxylation is 2. The molecule has 0 aliphatic heterocycles. The Morgan fingerprint density at radius 3 is 2.47 bits per heavy atom. The lowest BCUT2D eigenvalue weighted by atomic mass is 10.0. The minimum absolute atomic E-state index is 0.0417. The summed E-state index contributed by atoms with van der Waals surface area (Å²) in [4.78, 5) is 25.3. The van der Waals surface area contributed by atoms with Crippen LogP contribution in [0.5, 0.6) is 0 Å². The maximum absolute atomic E-state index is 12.8. The quantitative estimate of drug-likeness (QED) is 0.378. The van der Waals surface area contributed by atoms with Crippen molar-refractivity contribution in [3.63, 3.8) is 0 Å². The Labute approximate surface area is 213 Å². The number of halogens is 2. The maximum Gasteiger partial charge on any atom is 0.251 e. The van der Waals surface area contributed by atoms with Crippen molar-refractivity contribution in [3.8, 4) is 0 Å². The van der Waals surface area contributed by atoms with Crippen LogP contribution in [0.25, 0.3) is 0 Å². The Morgan fingerprint density at radius 2 is 1.79 bits per heavy atom. The van der Waals surface area contributed by atoms with E-state index in [2.05, 4.69) is 20.8 Å². The van der Waals surface area contributed by atoms with Crippen LogP contribution in [0.1, 0.15) is 47.2 Å². The molecule has 1 heterocycles. The number of hydrogen-bond acceptors (Lipinski definition) is 5. The second kappa shape index (κ2) is 11.3. The third kappa shape index (κ3) is 6.31. The monoisotopic (exact) mass is 519 g/mol. The van der Waals surface area contributed by atoms with Crippen LogP contribution in [0, 0.1) is 19.8 Å². The molecule has 0 fully saturated rings. The van der Waals surface area contributed by atoms with Gasteiger partial charge in [0, 0.05) is 18.3 Å². The molecule has 34 heavy (non-hydrogen) atoms. The van der Waals surface area contributed by atoms with Crippen molar-refractivity contribution in [1.29, 1.82) is 0 Å². The van der Waals surface area contributed by atoms with E-state index >= 15 is 0 Å². The zero-order valence-electron chi connectivity index (χ0n) is 19.6. The first-order valence-corrected chi connectivity index (χ1v) is 12.5. The van der Waals surface area contributed by atoms with Gasteiger partial charge in [-0.05, 0) is 55.2 Å². The molecule has 2 aromatic carbocycles. The molecule has 3 rings (SSSR count). The van der Waals surface area contributed by atoms with Gasteiger partial charge in [0.25, 0.3) is 5.91 Å². The van der Waals surface area contributed by atoms with Crippen LogP contribution in [0.15, 0.2) is 41.6 Å². The molecule has 0 bridgehead atoms. The molecular formula is C24H27Cl2N5O2S. The van der Waals surface area contributed by atoms with Gasteiger partial charge >= 0.3 is 0 Å². The number of rotatable bonds is 8. The summed E-state index contributed by atoms with van der Waals surface area (Å²) in [6, 6.07) is 10.3. The Morgan fingerprint density at radius 1 is 1.06 bits per heavy atom. The van der Waals surface area contributed by atoms with Crippen LogP contribution >= 0.6 is 35.0 Å². The van der Waals surface area contributed by atoms with Gasteiger partial charge in [0.05, 0.1) is 21.8 Å². The highest BCUT2D eigenvalue weighted by Crippen LogP contribution is 2.26. The maximum atomic E-state index is 12.8. The zero-order chi connectivity index (χ0) is 25.0. The van der Waals surface area contributed by atoms with Crippen molar-refractivity contribution in [3.05, 3.63) is 69.0 Å². The second-order valence-corrected chi connectivity index (χ2v) is 10.1. The summed E-state index contributed by atoms with van der Waals surface area (Å²) in [7, 11) is 1.82. The molecule has 7 nitrogen and oxygen atoms in total. The van der Waals surface area contributed by atoms with Crippen LogP contribution in [0.4, 0.5) is 5.69 Å². The molecule has 10 heteroatoms. The number of nitrogens with zero attached hydrogens (tertiary/aromatic N) is 3. The van der Waals surface area contributed by atoms with E-state index in [0.29, 0.717) is 26.6 Å². The van der Waals surface area contributed by atoms with Gasteiger partial charge in [-0.25, -0.2) is 0 Å². The first kappa shape index (κ1) is 26.1. The van der Waals surface area contributed by atoms with Crippen LogP contribution in [0.3, 0.4) is 0 Å². The van der Waals surface area contributed by atoms with E-state index in [4.69, 9.17) is 23.2 Å². The number of aromatic nitrogens is 3. The molecule has 1 atom stereocenters. The van der Waals surface area contributed by atoms with Gasteiger partial charge in [-0.15, -0.1) is 10.2 Å². The summed E-state index contributed by atoms with van der Waals surface area (Å²) in [6.07, 6.45) is 0. The lowest BCUT2D eigenvalue weighted by Crippen LogP contribution is -2.33. The molecular weight excluding hydrogens is 493 g/mol. The van der Waals surface area contributed by atoms with Crippen molar-refractivity contribution >= 4 is 52.5 Å². The van der Waals surface area contributed by atoms with Gasteiger partial charge in [0.1, 0.15) is 0 Å². The molecule has 0 spiro atoms. The molecule has 0 unspecified atom stereocenters. The molecule has 180 valence electrons. The summed E-state index contributed by atoms with van der Waals surface area (Å²) >= 11 is 13.3. The van der Waals surface area contributed by atoms with Gasteiger partial charge < -0.3 is 15.2 Å². The van der Waals surface area contributed by atoms with E-state index in [1.807, 2.05) is 52.9 Å². The van der Waals surface area contributed by atoms with E-state index in [9.17, 15) is 9.59 Å². The van der Waals surface area contributed by atoms with Crippen LogP contribution in [-0.4, -0.2) is 32.3 Å². The zero-order valence-corrected chi connectivity index (χ0v) is 22.0. The fourth-order valence-corrected chi connectivity index (χ4v) is 4.32. The molecule has 2 amide bonds. The van der Waals surface area contributed by atoms with Crippen molar-refractivity contribution in [1.82, 2.24) is 20.1 Å². The Balaban J connectivity index is 1.68. The van der Waals surface area contributed by atoms with Crippen molar-refractivity contribution < 1.29 is 9.59 Å². The number of nitrogens with one attached hydrogen (secondary N) is 2. The number of carbonyl (C=O) groups excluding carboxylic acids is 2. The third-order valence-corrected chi connectivity index (χ3v) is 7.04. The molecule has 3 aromatic rings. The lowest BCUT2D eigenvalue weighted by molar-refractivity contribution is -0.113. The number of anilines is 1. The third-order valence-electron chi connectivity index (χ3n) is 5.28. The highest BCUT2D eigenvalue weighted by Gasteiger charge is 2.25. The van der Waals surface area contributed by atoms with Crippen molar-refractivity contribution in [2.45, 2.75) is 38.9 Å². The second-order valence-electron chi connectivity index (χ2n) is 8.38. The van der Waals surface area contributed by atoms with Gasteiger partial charge in [-0.3, -0.25) is 9.59 Å². The van der Waals surface area contributed by atoms with E-state index in [1.165, 1.54) is 17.8 Å². The van der Waals surface area contributed by atoms with Crippen LogP contribution in [-0.2, 0) is 11.8 Å². The lowest BCUT2D eigenvalue weighted by Gasteiger charge is -2.22. The average Bonchev–Trinajstić information content (AvgIpc) is 3.14. The van der Waals surface area contributed by atoms with Crippen molar-refractivity contribution in [2.24, 2.45) is 13.0 Å². The fraction of sp³-hybridized carbons (Fsp3) is 0.333. The van der Waals surface area contributed by atoms with Crippen molar-refractivity contribution in [2.75, 3.05) is 11.1 Å². The number of amides is 2. The van der Waals surface area contributed by atoms with E-state index in [0.717, 1.165) is 16.8 Å². The summed E-state index contributed by atoms with van der Waals surface area (Å²) < 4.78 is 1.80. The van der Waals surface area contributed by atoms with E-state index < -0.39 is 6.04 Å². The molecule has 0 aliphatic carbocycles. The minimum atomic E-state index is -0.391. The standard InChI is InChI=1S/C24H27Cl2N5O2S/c1-13(2)21(28-23(33)16-8-9-17(25)18(26)11-16)22-29-30-24(31(22)5)34-12-20(32)27-19-10-14(3)6-7-15(19)4/h6-11,13,21H,12H2,1-5H3,(H,27,32)(H,28,33)/t21-/m1/s1. The highest BCUT2D eigenvalue weighted by atomic mass is 35.5. The first-order valence-electron chi connectivity index (χ1n) is 10.7. The molecule has 1 aromatic heterocycles. The Bertz CT molecular complexity index is 1210. The number of carbonyl (C=O) groups is 2. The van der Waals surface area contributed by atoms with Gasteiger partial charge in [0.15, 0.2) is 11.0 Å². The molecule has 0 saturated carbocycles. The number of hydrogen-bond donors (Lipinski definition) is 2. The van der Waals surface area contributed by atoms with E-state index in [-0.39, 0.29) is 23.5 Å². The molecule has 0 radical (unpaired) electrons. The van der Waals surface area contributed by atoms with Crippen LogP contribution in [0.2, 0.25) is 10.0 Å². The molecule has 2 N–H and O–H groups in total. The predicted molar refractivity (Wildman–Crippen MR) is 138 cm³/mol. The molecule has 0 saturated heterocycles. The minimum Gasteiger partial charge on any atom is -0.342 e. The van der Waals surface area contributed by atoms with E-state index in [1.54, 1.807) is 16.7 Å². The SMILES string of the molecule is Cc1ccc(C)c(NC(=O)CSc2nnc([C@H](NC(=O)c3ccc(Cl)c(Cl)c3)C(C)C)n2C)c1. The fourth-order valence-electron chi connectivity index (χ4n) is 3.30. The Hall–Kier alpha value is -2.55. The largest absolute Gasteiger partial charge is 0.342 e. The van der Waals surface area contributed by atoms with Gasteiger partial charge in [-0.2, -0.15) is 0 Å². The number of thioether (sulfide) groups is 1. The highest BCUT2D eigenvalue weighted by molar-refractivity contribution is 7.99. The first-order chi connectivity index (χ1) is 16.1. The summed E-state index contributed by atoms with van der Waals surface area (Å²) in [5, 5.41) is 15.8. The topological polar surface area (TPSA) is 88.9 Å². The smallest absolute Gasteiger partial charge is 0.251 e. The Kier molecular flexibility index (Phi) is 8.62.